The van der Waals surface area contributed by atoms with E-state index in [9.17, 15) is 22.4 Å². The maximum atomic E-state index is 13.8. The molecule has 5 fully saturated rings. The van der Waals surface area contributed by atoms with Gasteiger partial charge in [-0.15, -0.1) is 0 Å². The number of alkyl halides is 4. The molecule has 4 bridgehead atoms. The third kappa shape index (κ3) is 4.96. The van der Waals surface area contributed by atoms with Crippen molar-refractivity contribution in [1.82, 2.24) is 0 Å². The number of hydrogen-bond acceptors (Lipinski definition) is 6. The number of rotatable bonds is 5. The molecule has 0 aromatic heterocycles. The van der Waals surface area contributed by atoms with Gasteiger partial charge in [0, 0.05) is 5.92 Å². The Morgan fingerprint density at radius 3 is 2.32 bits per heavy atom. The second-order valence-electron chi connectivity index (χ2n) is 12.2. The van der Waals surface area contributed by atoms with Gasteiger partial charge >= 0.3 is 17.8 Å². The summed E-state index contributed by atoms with van der Waals surface area (Å²) in [6, 6.07) is 0. The van der Waals surface area contributed by atoms with E-state index in [1.807, 2.05) is 0 Å². The van der Waals surface area contributed by atoms with E-state index in [0.717, 1.165) is 36.7 Å². The van der Waals surface area contributed by atoms with E-state index in [2.05, 4.69) is 0 Å². The summed E-state index contributed by atoms with van der Waals surface area (Å²) in [7, 11) is 0. The largest absolute Gasteiger partial charge is 0.462 e. The van der Waals surface area contributed by atoms with Crippen LogP contribution in [0.2, 0.25) is 0 Å². The third-order valence-electron chi connectivity index (χ3n) is 9.47. The fraction of sp³-hybridized carbons (Fsp3) is 0.889. The van der Waals surface area contributed by atoms with Crippen molar-refractivity contribution in [2.24, 2.45) is 23.2 Å². The molecule has 208 valence electrons. The molecule has 4 aliphatic carbocycles. The van der Waals surface area contributed by atoms with E-state index in [4.69, 9.17) is 23.7 Å². The molecule has 0 amide bonds. The fourth-order valence-corrected chi connectivity index (χ4v) is 7.59. The van der Waals surface area contributed by atoms with Crippen molar-refractivity contribution in [2.75, 3.05) is 26.4 Å². The predicted molar refractivity (Wildman–Crippen MR) is 122 cm³/mol. The predicted octanol–water partition coefficient (Wildman–Crippen LogP) is 5.39. The first-order chi connectivity index (χ1) is 17.6. The molecule has 6 nitrogen and oxygen atoms in total. The zero-order valence-electron chi connectivity index (χ0n) is 21.0. The van der Waals surface area contributed by atoms with Crippen molar-refractivity contribution in [2.45, 2.75) is 101 Å². The van der Waals surface area contributed by atoms with Crippen LogP contribution in [0.1, 0.15) is 70.6 Å². The highest BCUT2D eigenvalue weighted by molar-refractivity contribution is 5.79. The summed E-state index contributed by atoms with van der Waals surface area (Å²) in [5, 5.41) is 0. The Labute approximate surface area is 214 Å². The number of allylic oxidation sites excluding steroid dienone is 1. The summed E-state index contributed by atoms with van der Waals surface area (Å²) < 4.78 is 83.1. The molecule has 6 rings (SSSR count). The minimum Gasteiger partial charge on any atom is -0.462 e. The molecule has 2 aliphatic heterocycles. The molecule has 0 N–H and O–H groups in total. The number of ether oxygens (including phenoxy) is 5. The molecule has 10 heteroatoms. The summed E-state index contributed by atoms with van der Waals surface area (Å²) in [6.07, 6.45) is 8.22. The second kappa shape index (κ2) is 9.75. The van der Waals surface area contributed by atoms with Crippen LogP contribution in [0.15, 0.2) is 11.1 Å². The molecule has 5 unspecified atom stereocenters. The van der Waals surface area contributed by atoms with Gasteiger partial charge in [-0.1, -0.05) is 24.8 Å². The average molecular weight is 533 g/mol. The van der Waals surface area contributed by atoms with Crippen LogP contribution >= 0.6 is 0 Å². The van der Waals surface area contributed by atoms with Crippen molar-refractivity contribution >= 4 is 5.97 Å². The molecule has 0 aromatic carbocycles. The summed E-state index contributed by atoms with van der Waals surface area (Å²) >= 11 is 0. The molecule has 0 aromatic rings. The Bertz CT molecular complexity index is 895. The first-order valence-corrected chi connectivity index (χ1v) is 13.8. The van der Waals surface area contributed by atoms with Crippen LogP contribution in [0, 0.1) is 23.2 Å². The van der Waals surface area contributed by atoms with Gasteiger partial charge in [0.25, 0.3) is 0 Å². The van der Waals surface area contributed by atoms with Crippen molar-refractivity contribution < 1.29 is 46.0 Å². The van der Waals surface area contributed by atoms with E-state index < -0.39 is 36.8 Å². The van der Waals surface area contributed by atoms with E-state index in [0.29, 0.717) is 37.4 Å². The van der Waals surface area contributed by atoms with Crippen LogP contribution in [-0.4, -0.2) is 62.9 Å². The van der Waals surface area contributed by atoms with Crippen LogP contribution in [0.4, 0.5) is 17.6 Å². The van der Waals surface area contributed by atoms with Crippen LogP contribution in [-0.2, 0) is 28.5 Å². The molecule has 5 atom stereocenters. The number of carbonyl (C=O) groups excluding carboxylic acids is 1. The Hall–Kier alpha value is -1.23. The quantitative estimate of drug-likeness (QED) is 0.269. The average Bonchev–Trinajstić information content (AvgIpc) is 3.42. The highest BCUT2D eigenvalue weighted by Crippen LogP contribution is 2.54. The highest BCUT2D eigenvalue weighted by atomic mass is 19.3. The van der Waals surface area contributed by atoms with Crippen LogP contribution in [0.5, 0.6) is 0 Å². The van der Waals surface area contributed by atoms with E-state index in [1.54, 1.807) is 0 Å². The number of carbonyl (C=O) groups is 1. The van der Waals surface area contributed by atoms with E-state index >= 15 is 0 Å². The molecule has 37 heavy (non-hydrogen) atoms. The topological polar surface area (TPSA) is 63.2 Å². The molecule has 0 radical (unpaired) electrons. The first-order valence-electron chi connectivity index (χ1n) is 13.8. The SMILES string of the molecule is O=C(OCC1COC(C2CC3CCCC(C3)C2)O1)C12CCCC(=C(C3OCC(F)(F)C(F)(F)CO3)C1)C2. The lowest BCUT2D eigenvalue weighted by atomic mass is 9.68. The maximum Gasteiger partial charge on any atom is 0.335 e. The van der Waals surface area contributed by atoms with Crippen molar-refractivity contribution in [1.29, 1.82) is 0 Å². The summed E-state index contributed by atoms with van der Waals surface area (Å²) in [4.78, 5) is 13.3. The van der Waals surface area contributed by atoms with E-state index in [1.165, 1.54) is 25.7 Å². The van der Waals surface area contributed by atoms with Gasteiger partial charge in [-0.05, 0) is 68.8 Å². The lowest BCUT2D eigenvalue weighted by molar-refractivity contribution is -0.222. The Morgan fingerprint density at radius 1 is 0.919 bits per heavy atom. The lowest BCUT2D eigenvalue weighted by Crippen LogP contribution is -2.45. The molecule has 0 spiro atoms. The van der Waals surface area contributed by atoms with Gasteiger partial charge in [0.2, 0.25) is 0 Å². The van der Waals surface area contributed by atoms with E-state index in [-0.39, 0.29) is 31.4 Å². The highest BCUT2D eigenvalue weighted by Gasteiger charge is 2.60. The Balaban J connectivity index is 1.03. The van der Waals surface area contributed by atoms with Gasteiger partial charge in [0.15, 0.2) is 12.6 Å². The minimum atomic E-state index is -4.31. The molecular weight excluding hydrogens is 496 g/mol. The normalized spacial score (nSPS) is 41.5. The molecule has 2 heterocycles. The van der Waals surface area contributed by atoms with Gasteiger partial charge in [0.1, 0.15) is 25.9 Å². The van der Waals surface area contributed by atoms with Crippen LogP contribution in [0.3, 0.4) is 0 Å². The molecule has 3 saturated carbocycles. The number of hydrogen-bond donors (Lipinski definition) is 0. The second-order valence-corrected chi connectivity index (χ2v) is 12.2. The van der Waals surface area contributed by atoms with Gasteiger partial charge in [-0.2, -0.15) is 17.6 Å². The van der Waals surface area contributed by atoms with Crippen LogP contribution < -0.4 is 0 Å². The zero-order chi connectivity index (χ0) is 25.8. The first kappa shape index (κ1) is 26.0. The number of fused-ring (bicyclic) bond motifs is 4. The standard InChI is InChI=1S/C27H36F4O6/c28-26(29)14-35-23(36-15-27(26,30)31)21-11-25(6-2-5-18(21)10-25)24(32)34-13-20-12-33-22(37-20)19-8-16-3-1-4-17(7-16)9-19/h16-17,19-20,22-23H,1-15H2. The zero-order valence-corrected chi connectivity index (χ0v) is 21.0. The monoisotopic (exact) mass is 532 g/mol. The summed E-state index contributed by atoms with van der Waals surface area (Å²) in [5.41, 5.74) is 0.559. The molecular formula is C27H36F4O6. The smallest absolute Gasteiger partial charge is 0.335 e. The fourth-order valence-electron chi connectivity index (χ4n) is 7.59. The van der Waals surface area contributed by atoms with Crippen molar-refractivity contribution in [3.8, 4) is 0 Å². The van der Waals surface area contributed by atoms with Gasteiger partial charge in [0.05, 0.1) is 12.0 Å². The Morgan fingerprint density at radius 2 is 1.62 bits per heavy atom. The van der Waals surface area contributed by atoms with Gasteiger partial charge < -0.3 is 23.7 Å². The van der Waals surface area contributed by atoms with Gasteiger partial charge in [-0.25, -0.2) is 0 Å². The Kier molecular flexibility index (Phi) is 6.86. The number of halogens is 4. The minimum absolute atomic E-state index is 0.0935. The third-order valence-corrected chi connectivity index (χ3v) is 9.47. The number of esters is 1. The summed E-state index contributed by atoms with van der Waals surface area (Å²) in [6.45, 7) is -2.38. The van der Waals surface area contributed by atoms with Crippen molar-refractivity contribution in [3.63, 3.8) is 0 Å². The van der Waals surface area contributed by atoms with Crippen LogP contribution in [0.25, 0.3) is 0 Å². The molecule has 2 saturated heterocycles. The van der Waals surface area contributed by atoms with Crippen molar-refractivity contribution in [3.05, 3.63) is 11.1 Å². The molecule has 6 aliphatic rings. The summed E-state index contributed by atoms with van der Waals surface area (Å²) in [5.74, 6) is -7.06. The van der Waals surface area contributed by atoms with Gasteiger partial charge in [-0.3, -0.25) is 4.79 Å². The maximum absolute atomic E-state index is 13.8. The lowest BCUT2D eigenvalue weighted by Gasteiger charge is -2.40.